The minimum Gasteiger partial charge on any atom is -0.492 e. The van der Waals surface area contributed by atoms with E-state index in [1.807, 2.05) is 24.3 Å². The molecule has 0 unspecified atom stereocenters. The summed E-state index contributed by atoms with van der Waals surface area (Å²) in [6.07, 6.45) is 0. The minimum absolute atomic E-state index is 0.297. The third-order valence-corrected chi connectivity index (χ3v) is 4.17. The van der Waals surface area contributed by atoms with Crippen LogP contribution in [0.15, 0.2) is 42.5 Å². The molecule has 0 radical (unpaired) electrons. The first kappa shape index (κ1) is 20.6. The number of amides is 2. The molecule has 0 spiro atoms. The fourth-order valence-electron chi connectivity index (χ4n) is 2.31. The Labute approximate surface area is 163 Å². The molecule has 0 aliphatic rings. The zero-order valence-electron chi connectivity index (χ0n) is 15.5. The number of hydrogen-bond donors (Lipinski definition) is 2. The molecule has 0 atom stereocenters. The van der Waals surface area contributed by atoms with Gasteiger partial charge in [-0.15, -0.1) is 0 Å². The van der Waals surface area contributed by atoms with Crippen molar-refractivity contribution in [2.24, 2.45) is 0 Å². The fraction of sp³-hybridized carbons (Fsp3) is 0.300. The highest BCUT2D eigenvalue weighted by Crippen LogP contribution is 2.23. The van der Waals surface area contributed by atoms with E-state index in [9.17, 15) is 9.59 Å². The Morgan fingerprint density at radius 3 is 2.44 bits per heavy atom. The van der Waals surface area contributed by atoms with E-state index in [0.29, 0.717) is 35.3 Å². The largest absolute Gasteiger partial charge is 0.492 e. The molecule has 7 heteroatoms. The Kier molecular flexibility index (Phi) is 7.49. The van der Waals surface area contributed by atoms with E-state index in [2.05, 4.69) is 29.2 Å². The van der Waals surface area contributed by atoms with Crippen molar-refractivity contribution in [1.29, 1.82) is 0 Å². The van der Waals surface area contributed by atoms with E-state index in [1.54, 1.807) is 0 Å². The van der Waals surface area contributed by atoms with Gasteiger partial charge in [0.15, 0.2) is 0 Å². The van der Waals surface area contributed by atoms with E-state index in [4.69, 9.17) is 16.3 Å². The van der Waals surface area contributed by atoms with Gasteiger partial charge in [-0.1, -0.05) is 37.6 Å². The molecule has 2 aromatic carbocycles. The molecule has 6 nitrogen and oxygen atoms in total. The lowest BCUT2D eigenvalue weighted by Crippen LogP contribution is -2.32. The van der Waals surface area contributed by atoms with Crippen LogP contribution in [0.2, 0.25) is 5.02 Å². The lowest BCUT2D eigenvalue weighted by Gasteiger charge is -2.11. The van der Waals surface area contributed by atoms with Crippen LogP contribution in [0.3, 0.4) is 0 Å². The second kappa shape index (κ2) is 9.83. The van der Waals surface area contributed by atoms with Crippen LogP contribution in [0.25, 0.3) is 0 Å². The van der Waals surface area contributed by atoms with Crippen molar-refractivity contribution in [3.8, 4) is 5.75 Å². The van der Waals surface area contributed by atoms with Gasteiger partial charge in [-0.2, -0.15) is 0 Å². The molecular formula is C20H23ClN2O4. The van der Waals surface area contributed by atoms with Gasteiger partial charge in [0.25, 0.3) is 0 Å². The quantitative estimate of drug-likeness (QED) is 0.541. The predicted octanol–water partition coefficient (Wildman–Crippen LogP) is 4.45. The average molecular weight is 391 g/mol. The molecule has 0 bridgehead atoms. The van der Waals surface area contributed by atoms with Crippen LogP contribution in [0.1, 0.15) is 35.7 Å². The molecule has 2 aromatic rings. The van der Waals surface area contributed by atoms with Crippen LogP contribution in [0.5, 0.6) is 5.75 Å². The molecule has 0 aliphatic carbocycles. The molecule has 2 rings (SSSR count). The molecule has 144 valence electrons. The van der Waals surface area contributed by atoms with Crippen molar-refractivity contribution in [3.05, 3.63) is 58.6 Å². The summed E-state index contributed by atoms with van der Waals surface area (Å²) in [6, 6.07) is 11.9. The first-order valence-corrected chi connectivity index (χ1v) is 8.94. The lowest BCUT2D eigenvalue weighted by atomic mass is 10.0. The Balaban J connectivity index is 1.80. The van der Waals surface area contributed by atoms with Gasteiger partial charge >= 0.3 is 12.0 Å². The number of rotatable bonds is 7. The topological polar surface area (TPSA) is 76.7 Å². The van der Waals surface area contributed by atoms with Crippen LogP contribution >= 0.6 is 11.6 Å². The number of nitrogens with one attached hydrogen (secondary N) is 2. The third-order valence-electron chi connectivity index (χ3n) is 3.84. The van der Waals surface area contributed by atoms with E-state index < -0.39 is 12.0 Å². The number of hydrogen-bond acceptors (Lipinski definition) is 4. The summed E-state index contributed by atoms with van der Waals surface area (Å²) in [7, 11) is 1.28. The maximum absolute atomic E-state index is 12.0. The molecule has 0 saturated carbocycles. The van der Waals surface area contributed by atoms with Crippen molar-refractivity contribution < 1.29 is 19.1 Å². The van der Waals surface area contributed by atoms with Crippen molar-refractivity contribution in [1.82, 2.24) is 5.32 Å². The zero-order chi connectivity index (χ0) is 19.8. The number of esters is 1. The summed E-state index contributed by atoms with van der Waals surface area (Å²) in [6.45, 7) is 4.90. The molecule has 0 fully saturated rings. The van der Waals surface area contributed by atoms with Crippen molar-refractivity contribution >= 4 is 29.3 Å². The van der Waals surface area contributed by atoms with Gasteiger partial charge < -0.3 is 20.1 Å². The maximum atomic E-state index is 12.0. The van der Waals surface area contributed by atoms with Crippen LogP contribution in [-0.2, 0) is 4.74 Å². The number of ether oxygens (including phenoxy) is 2. The molecule has 0 aliphatic heterocycles. The van der Waals surface area contributed by atoms with Gasteiger partial charge in [-0.3, -0.25) is 0 Å². The minimum atomic E-state index is -0.507. The van der Waals surface area contributed by atoms with Crippen LogP contribution in [-0.4, -0.2) is 32.3 Å². The summed E-state index contributed by atoms with van der Waals surface area (Å²) >= 11 is 6.05. The normalized spacial score (nSPS) is 10.4. The van der Waals surface area contributed by atoms with Crippen molar-refractivity contribution in [2.75, 3.05) is 25.6 Å². The van der Waals surface area contributed by atoms with Crippen LogP contribution < -0.4 is 15.4 Å². The summed E-state index contributed by atoms with van der Waals surface area (Å²) in [5.41, 5.74) is 1.86. The summed E-state index contributed by atoms with van der Waals surface area (Å²) in [5.74, 6) is 0.705. The summed E-state index contributed by atoms with van der Waals surface area (Å²) in [5, 5.41) is 5.59. The standard InChI is InChI=1S/C20H23ClN2O4/c1-13(2)14-4-7-16(8-5-14)27-11-10-22-20(25)23-18-12-15(19(24)26-3)6-9-17(18)21/h4-9,12-13H,10-11H2,1-3H3,(H2,22,23,25). The number of benzene rings is 2. The smallest absolute Gasteiger partial charge is 0.337 e. The summed E-state index contributed by atoms with van der Waals surface area (Å²) < 4.78 is 10.3. The Morgan fingerprint density at radius 1 is 1.11 bits per heavy atom. The first-order chi connectivity index (χ1) is 12.9. The molecule has 27 heavy (non-hydrogen) atoms. The second-order valence-corrected chi connectivity index (χ2v) is 6.55. The van der Waals surface area contributed by atoms with Gasteiger partial charge in [0, 0.05) is 0 Å². The highest BCUT2D eigenvalue weighted by Gasteiger charge is 2.11. The predicted molar refractivity (Wildman–Crippen MR) is 106 cm³/mol. The zero-order valence-corrected chi connectivity index (χ0v) is 16.3. The van der Waals surface area contributed by atoms with Crippen molar-refractivity contribution in [2.45, 2.75) is 19.8 Å². The van der Waals surface area contributed by atoms with Gasteiger partial charge in [0.2, 0.25) is 0 Å². The number of anilines is 1. The Morgan fingerprint density at radius 2 is 1.81 bits per heavy atom. The highest BCUT2D eigenvalue weighted by atomic mass is 35.5. The molecule has 0 aromatic heterocycles. The van der Waals surface area contributed by atoms with Crippen molar-refractivity contribution in [3.63, 3.8) is 0 Å². The summed E-state index contributed by atoms with van der Waals surface area (Å²) in [4.78, 5) is 23.6. The van der Waals surface area contributed by atoms with Gasteiger partial charge in [0.1, 0.15) is 12.4 Å². The number of methoxy groups -OCH3 is 1. The second-order valence-electron chi connectivity index (χ2n) is 6.14. The third kappa shape index (κ3) is 6.18. The van der Waals surface area contributed by atoms with E-state index in [-0.39, 0.29) is 0 Å². The number of halogens is 1. The van der Waals surface area contributed by atoms with Gasteiger partial charge in [0.05, 0.1) is 29.9 Å². The van der Waals surface area contributed by atoms with Gasteiger partial charge in [-0.25, -0.2) is 9.59 Å². The monoisotopic (exact) mass is 390 g/mol. The van der Waals surface area contributed by atoms with E-state index >= 15 is 0 Å². The molecule has 0 heterocycles. The Bertz CT molecular complexity index is 791. The van der Waals surface area contributed by atoms with Gasteiger partial charge in [-0.05, 0) is 41.8 Å². The highest BCUT2D eigenvalue weighted by molar-refractivity contribution is 6.33. The maximum Gasteiger partial charge on any atom is 0.337 e. The van der Waals surface area contributed by atoms with E-state index in [1.165, 1.54) is 30.9 Å². The molecule has 2 N–H and O–H groups in total. The fourth-order valence-corrected chi connectivity index (χ4v) is 2.48. The average Bonchev–Trinajstić information content (AvgIpc) is 2.66. The number of carbonyl (C=O) groups is 2. The molecule has 0 saturated heterocycles. The molecular weight excluding hydrogens is 368 g/mol. The first-order valence-electron chi connectivity index (χ1n) is 8.56. The molecule has 2 amide bonds. The number of carbonyl (C=O) groups excluding carboxylic acids is 2. The Hall–Kier alpha value is -2.73. The van der Waals surface area contributed by atoms with E-state index in [0.717, 1.165) is 5.75 Å². The SMILES string of the molecule is COC(=O)c1ccc(Cl)c(NC(=O)NCCOc2ccc(C(C)C)cc2)c1. The van der Waals surface area contributed by atoms with Crippen LogP contribution in [0.4, 0.5) is 10.5 Å². The number of urea groups is 1. The van der Waals surface area contributed by atoms with Crippen LogP contribution in [0, 0.1) is 0 Å². The lowest BCUT2D eigenvalue weighted by molar-refractivity contribution is 0.0600.